The summed E-state index contributed by atoms with van der Waals surface area (Å²) in [5.74, 6) is -1.24. The summed E-state index contributed by atoms with van der Waals surface area (Å²) in [6.07, 6.45) is 1.36. The van der Waals surface area contributed by atoms with E-state index in [9.17, 15) is 13.2 Å². The van der Waals surface area contributed by atoms with Gasteiger partial charge >= 0.3 is 5.97 Å². The first-order valence-corrected chi connectivity index (χ1v) is 7.67. The molecule has 1 aromatic rings. The number of hydrogen-bond donors (Lipinski definition) is 2. The smallest absolute Gasteiger partial charge is 0.322 e. The first-order chi connectivity index (χ1) is 8.77. The van der Waals surface area contributed by atoms with E-state index in [2.05, 4.69) is 27.2 Å². The van der Waals surface area contributed by atoms with Crippen molar-refractivity contribution in [1.29, 1.82) is 0 Å². The van der Waals surface area contributed by atoms with Gasteiger partial charge in [0.05, 0.1) is 4.90 Å². The number of aliphatic carboxylic acids is 1. The molecule has 0 fully saturated rings. The Kier molecular flexibility index (Phi) is 5.28. The molecule has 7 heteroatoms. The molecule has 0 radical (unpaired) electrons. The van der Waals surface area contributed by atoms with Crippen molar-refractivity contribution in [3.63, 3.8) is 0 Å². The van der Waals surface area contributed by atoms with Crippen molar-refractivity contribution >= 4 is 31.9 Å². The van der Waals surface area contributed by atoms with Crippen LogP contribution in [-0.2, 0) is 14.8 Å². The molecule has 1 unspecified atom stereocenters. The van der Waals surface area contributed by atoms with Gasteiger partial charge in [-0.1, -0.05) is 12.1 Å². The molecule has 0 aliphatic rings. The summed E-state index contributed by atoms with van der Waals surface area (Å²) in [6, 6.07) is 3.49. The lowest BCUT2D eigenvalue weighted by atomic mass is 10.2. The highest BCUT2D eigenvalue weighted by molar-refractivity contribution is 9.10. The van der Waals surface area contributed by atoms with Crippen LogP contribution in [0.4, 0.5) is 0 Å². The Labute approximate surface area is 120 Å². The average molecular weight is 348 g/mol. The lowest BCUT2D eigenvalue weighted by Crippen LogP contribution is -2.40. The number of hydrogen-bond acceptors (Lipinski definition) is 3. The summed E-state index contributed by atoms with van der Waals surface area (Å²) in [6.45, 7) is 5.23. The van der Waals surface area contributed by atoms with Crippen LogP contribution >= 0.6 is 15.9 Å². The van der Waals surface area contributed by atoms with E-state index in [0.29, 0.717) is 4.47 Å². The predicted octanol–water partition coefficient (Wildman–Crippen LogP) is 2.07. The molecular weight excluding hydrogens is 334 g/mol. The fourth-order valence-corrected chi connectivity index (χ4v) is 3.83. The minimum absolute atomic E-state index is 0.00779. The van der Waals surface area contributed by atoms with Crippen molar-refractivity contribution < 1.29 is 18.3 Å². The van der Waals surface area contributed by atoms with Crippen LogP contribution in [0.25, 0.3) is 0 Å². The van der Waals surface area contributed by atoms with E-state index < -0.39 is 22.0 Å². The van der Waals surface area contributed by atoms with E-state index in [-0.39, 0.29) is 11.3 Å². The van der Waals surface area contributed by atoms with Crippen LogP contribution in [0, 0.1) is 6.92 Å². The third kappa shape index (κ3) is 4.15. The summed E-state index contributed by atoms with van der Waals surface area (Å²) in [4.78, 5) is 11.0. The van der Waals surface area contributed by atoms with Crippen LogP contribution in [0.15, 0.2) is 40.2 Å². The van der Waals surface area contributed by atoms with Crippen LogP contribution in [-0.4, -0.2) is 25.5 Å². The quantitative estimate of drug-likeness (QED) is 0.771. The van der Waals surface area contributed by atoms with E-state index in [1.807, 2.05) is 6.92 Å². The van der Waals surface area contributed by atoms with Crippen LogP contribution in [0.5, 0.6) is 0 Å². The van der Waals surface area contributed by atoms with Crippen molar-refractivity contribution in [3.8, 4) is 0 Å². The third-order valence-electron chi connectivity index (χ3n) is 2.37. The number of aryl methyl sites for hydroxylation is 1. The second kappa shape index (κ2) is 6.31. The fraction of sp³-hybridized carbons (Fsp3) is 0.250. The molecule has 0 aromatic heterocycles. The monoisotopic (exact) mass is 347 g/mol. The Morgan fingerprint density at radius 3 is 2.68 bits per heavy atom. The fourth-order valence-electron chi connectivity index (χ4n) is 1.44. The zero-order valence-electron chi connectivity index (χ0n) is 10.3. The van der Waals surface area contributed by atoms with Gasteiger partial charge in [-0.05, 0) is 47.0 Å². The van der Waals surface area contributed by atoms with E-state index in [1.54, 1.807) is 12.1 Å². The topological polar surface area (TPSA) is 83.5 Å². The third-order valence-corrected chi connectivity index (χ3v) is 4.82. The highest BCUT2D eigenvalue weighted by atomic mass is 79.9. The molecule has 1 aromatic carbocycles. The molecule has 104 valence electrons. The molecule has 1 rings (SSSR count). The van der Waals surface area contributed by atoms with Crippen LogP contribution in [0.3, 0.4) is 0 Å². The molecule has 0 aliphatic heterocycles. The Morgan fingerprint density at radius 2 is 2.21 bits per heavy atom. The number of rotatable bonds is 6. The Hall–Kier alpha value is -1.18. The van der Waals surface area contributed by atoms with Gasteiger partial charge in [-0.25, -0.2) is 8.42 Å². The van der Waals surface area contributed by atoms with Crippen LogP contribution in [0.1, 0.15) is 12.0 Å². The number of carbonyl (C=O) groups is 1. The second-order valence-corrected chi connectivity index (χ2v) is 6.51. The van der Waals surface area contributed by atoms with Gasteiger partial charge in [0.2, 0.25) is 10.0 Å². The standard InChI is InChI=1S/C12H14BrNO4S/c1-3-4-10(12(15)16)14-19(17,18)11-6-5-8(2)7-9(11)13/h3,5-7,10,14H,1,4H2,2H3,(H,15,16). The number of carboxylic acids is 1. The molecule has 2 N–H and O–H groups in total. The van der Waals surface area contributed by atoms with Crippen molar-refractivity contribution in [2.45, 2.75) is 24.3 Å². The first kappa shape index (κ1) is 15.9. The van der Waals surface area contributed by atoms with Crippen molar-refractivity contribution in [3.05, 3.63) is 40.9 Å². The van der Waals surface area contributed by atoms with E-state index in [0.717, 1.165) is 5.56 Å². The summed E-state index contributed by atoms with van der Waals surface area (Å²) in [5.41, 5.74) is 0.895. The number of halogens is 1. The van der Waals surface area contributed by atoms with Crippen molar-refractivity contribution in [2.24, 2.45) is 0 Å². The number of nitrogens with one attached hydrogen (secondary N) is 1. The average Bonchev–Trinajstić information content (AvgIpc) is 2.27. The van der Waals surface area contributed by atoms with E-state index in [1.165, 1.54) is 12.1 Å². The number of benzene rings is 1. The molecule has 0 heterocycles. The maximum absolute atomic E-state index is 12.1. The highest BCUT2D eigenvalue weighted by Crippen LogP contribution is 2.23. The molecule has 5 nitrogen and oxygen atoms in total. The molecular formula is C12H14BrNO4S. The maximum atomic E-state index is 12.1. The Morgan fingerprint density at radius 1 is 1.58 bits per heavy atom. The van der Waals surface area contributed by atoms with Gasteiger partial charge in [0.1, 0.15) is 6.04 Å². The minimum Gasteiger partial charge on any atom is -0.480 e. The largest absolute Gasteiger partial charge is 0.480 e. The van der Waals surface area contributed by atoms with E-state index >= 15 is 0 Å². The van der Waals surface area contributed by atoms with E-state index in [4.69, 9.17) is 5.11 Å². The zero-order chi connectivity index (χ0) is 14.6. The first-order valence-electron chi connectivity index (χ1n) is 5.40. The second-order valence-electron chi connectivity index (χ2n) is 3.97. The van der Waals surface area contributed by atoms with Gasteiger partial charge in [-0.2, -0.15) is 4.72 Å². The van der Waals surface area contributed by atoms with Crippen molar-refractivity contribution in [1.82, 2.24) is 4.72 Å². The molecule has 0 saturated carbocycles. The Balaban J connectivity index is 3.09. The van der Waals surface area contributed by atoms with Crippen LogP contribution < -0.4 is 4.72 Å². The summed E-state index contributed by atoms with van der Waals surface area (Å²) in [5, 5.41) is 8.94. The molecule has 0 aliphatic carbocycles. The maximum Gasteiger partial charge on any atom is 0.322 e. The molecule has 0 saturated heterocycles. The van der Waals surface area contributed by atoms with Gasteiger partial charge in [0.15, 0.2) is 0 Å². The molecule has 0 amide bonds. The van der Waals surface area contributed by atoms with Gasteiger partial charge in [-0.3, -0.25) is 4.79 Å². The van der Waals surface area contributed by atoms with Crippen LogP contribution in [0.2, 0.25) is 0 Å². The predicted molar refractivity (Wildman–Crippen MR) is 75.4 cm³/mol. The zero-order valence-corrected chi connectivity index (χ0v) is 12.7. The summed E-state index contributed by atoms with van der Waals surface area (Å²) < 4.78 is 26.8. The highest BCUT2D eigenvalue weighted by Gasteiger charge is 2.25. The lowest BCUT2D eigenvalue weighted by Gasteiger charge is -2.14. The molecule has 1 atom stereocenters. The SMILES string of the molecule is C=CCC(NS(=O)(=O)c1ccc(C)cc1Br)C(=O)O. The van der Waals surface area contributed by atoms with Gasteiger partial charge < -0.3 is 5.11 Å². The van der Waals surface area contributed by atoms with Gasteiger partial charge in [-0.15, -0.1) is 6.58 Å². The Bertz CT molecular complexity index is 598. The normalized spacial score (nSPS) is 12.9. The lowest BCUT2D eigenvalue weighted by molar-refractivity contribution is -0.138. The minimum atomic E-state index is -3.90. The number of sulfonamides is 1. The molecule has 0 bridgehead atoms. The summed E-state index contributed by atoms with van der Waals surface area (Å²) >= 11 is 3.16. The summed E-state index contributed by atoms with van der Waals surface area (Å²) in [7, 11) is -3.90. The number of carboxylic acid groups (broad SMARTS) is 1. The molecule has 19 heavy (non-hydrogen) atoms. The molecule has 0 spiro atoms. The van der Waals surface area contributed by atoms with Gasteiger partial charge in [0.25, 0.3) is 0 Å². The van der Waals surface area contributed by atoms with Gasteiger partial charge in [0, 0.05) is 4.47 Å². The van der Waals surface area contributed by atoms with Crippen molar-refractivity contribution in [2.75, 3.05) is 0 Å².